The lowest BCUT2D eigenvalue weighted by atomic mass is 10.3. The van der Waals surface area contributed by atoms with Crippen molar-refractivity contribution in [3.8, 4) is 0 Å². The zero-order valence-corrected chi connectivity index (χ0v) is 10.0. The van der Waals surface area contributed by atoms with Crippen LogP contribution in [0.3, 0.4) is 0 Å². The number of nitrogens with zero attached hydrogens (tertiary/aromatic N) is 2. The van der Waals surface area contributed by atoms with Gasteiger partial charge in [0.15, 0.2) is 0 Å². The Bertz CT molecular complexity index is 285. The quantitative estimate of drug-likeness (QED) is 0.572. The minimum absolute atomic E-state index is 0.302. The summed E-state index contributed by atoms with van der Waals surface area (Å²) in [6.45, 7) is 2.39. The number of aliphatic hydroxyl groups excluding tert-OH is 1. The summed E-state index contributed by atoms with van der Waals surface area (Å²) < 4.78 is 10.0. The fourth-order valence-electron chi connectivity index (χ4n) is 1.22. The Morgan fingerprint density at radius 3 is 3.06 bits per heavy atom. The largest absolute Gasteiger partial charge is 0.389 e. The van der Waals surface area contributed by atoms with E-state index in [0.29, 0.717) is 32.9 Å². The van der Waals surface area contributed by atoms with Crippen LogP contribution in [0.4, 0.5) is 0 Å². The van der Waals surface area contributed by atoms with E-state index in [1.165, 1.54) is 0 Å². The number of aliphatic hydroxyl groups is 1. The fourth-order valence-corrected chi connectivity index (χ4v) is 1.22. The van der Waals surface area contributed by atoms with Crippen molar-refractivity contribution < 1.29 is 14.6 Å². The van der Waals surface area contributed by atoms with Gasteiger partial charge in [0, 0.05) is 26.4 Å². The first-order valence-corrected chi connectivity index (χ1v) is 5.55. The molecule has 0 radical (unpaired) electrons. The molecular weight excluding hydrogens is 222 g/mol. The standard InChI is InChI=1S/C11H19N3O3/c1-16-5-6-17-9-11(15)8-12-7-10-3-2-4-13-14-10/h2-4,11-12,15H,5-9H2,1H3. The molecule has 1 rings (SSSR count). The number of methoxy groups -OCH3 is 1. The third kappa shape index (κ3) is 6.96. The third-order valence-electron chi connectivity index (χ3n) is 2.06. The smallest absolute Gasteiger partial charge is 0.0897 e. The number of ether oxygens (including phenoxy) is 2. The molecule has 1 aromatic rings. The van der Waals surface area contributed by atoms with Crippen molar-refractivity contribution in [2.45, 2.75) is 12.6 Å². The van der Waals surface area contributed by atoms with Crippen LogP contribution in [-0.2, 0) is 16.0 Å². The third-order valence-corrected chi connectivity index (χ3v) is 2.06. The number of hydrogen-bond acceptors (Lipinski definition) is 6. The van der Waals surface area contributed by atoms with Gasteiger partial charge in [0.05, 0.1) is 31.6 Å². The van der Waals surface area contributed by atoms with Gasteiger partial charge >= 0.3 is 0 Å². The molecule has 96 valence electrons. The van der Waals surface area contributed by atoms with E-state index in [0.717, 1.165) is 5.69 Å². The lowest BCUT2D eigenvalue weighted by molar-refractivity contribution is 0.0137. The van der Waals surface area contributed by atoms with Crippen LogP contribution in [0.15, 0.2) is 18.3 Å². The van der Waals surface area contributed by atoms with Crippen molar-refractivity contribution in [1.29, 1.82) is 0 Å². The van der Waals surface area contributed by atoms with Gasteiger partial charge in [-0.2, -0.15) is 10.2 Å². The average molecular weight is 241 g/mol. The van der Waals surface area contributed by atoms with Crippen LogP contribution >= 0.6 is 0 Å². The summed E-state index contributed by atoms with van der Waals surface area (Å²) in [5.41, 5.74) is 0.847. The Labute approximate surface area is 101 Å². The molecule has 6 nitrogen and oxygen atoms in total. The SMILES string of the molecule is COCCOCC(O)CNCc1cccnn1. The molecule has 1 unspecified atom stereocenters. The van der Waals surface area contributed by atoms with Crippen molar-refractivity contribution in [3.63, 3.8) is 0 Å². The van der Waals surface area contributed by atoms with E-state index in [9.17, 15) is 5.11 Å². The van der Waals surface area contributed by atoms with E-state index >= 15 is 0 Å². The predicted octanol–water partition coefficient (Wildman–Crippen LogP) is -0.410. The van der Waals surface area contributed by atoms with Crippen LogP contribution in [-0.4, -0.2) is 54.9 Å². The number of aromatic nitrogens is 2. The lowest BCUT2D eigenvalue weighted by Gasteiger charge is -2.11. The van der Waals surface area contributed by atoms with Gasteiger partial charge < -0.3 is 19.9 Å². The first-order chi connectivity index (χ1) is 8.33. The normalized spacial score (nSPS) is 12.6. The van der Waals surface area contributed by atoms with E-state index < -0.39 is 6.10 Å². The van der Waals surface area contributed by atoms with Crippen molar-refractivity contribution in [2.75, 3.05) is 33.5 Å². The molecule has 0 aliphatic heterocycles. The first kappa shape index (κ1) is 14.0. The maximum absolute atomic E-state index is 9.56. The molecule has 0 aromatic carbocycles. The number of hydrogen-bond donors (Lipinski definition) is 2. The molecule has 1 atom stereocenters. The molecule has 17 heavy (non-hydrogen) atoms. The Hall–Kier alpha value is -1.08. The van der Waals surface area contributed by atoms with E-state index in [4.69, 9.17) is 9.47 Å². The van der Waals surface area contributed by atoms with Crippen LogP contribution in [0.5, 0.6) is 0 Å². The van der Waals surface area contributed by atoms with Gasteiger partial charge in [-0.3, -0.25) is 0 Å². The second-order valence-corrected chi connectivity index (χ2v) is 3.57. The molecule has 6 heteroatoms. The van der Waals surface area contributed by atoms with Crippen LogP contribution in [0.2, 0.25) is 0 Å². The molecule has 0 amide bonds. The van der Waals surface area contributed by atoms with E-state index in [1.54, 1.807) is 13.3 Å². The van der Waals surface area contributed by atoms with Crippen molar-refractivity contribution >= 4 is 0 Å². The van der Waals surface area contributed by atoms with Gasteiger partial charge in [-0.15, -0.1) is 0 Å². The van der Waals surface area contributed by atoms with Gasteiger partial charge in [0.2, 0.25) is 0 Å². The van der Waals surface area contributed by atoms with Gasteiger partial charge in [0.1, 0.15) is 0 Å². The average Bonchev–Trinajstić information content (AvgIpc) is 2.36. The Morgan fingerprint density at radius 2 is 2.35 bits per heavy atom. The summed E-state index contributed by atoms with van der Waals surface area (Å²) in [5, 5.41) is 20.3. The highest BCUT2D eigenvalue weighted by molar-refractivity contribution is 4.98. The highest BCUT2D eigenvalue weighted by atomic mass is 16.5. The van der Waals surface area contributed by atoms with Crippen molar-refractivity contribution in [1.82, 2.24) is 15.5 Å². The summed E-state index contributed by atoms with van der Waals surface area (Å²) in [4.78, 5) is 0. The van der Waals surface area contributed by atoms with Gasteiger partial charge in [-0.05, 0) is 12.1 Å². The van der Waals surface area contributed by atoms with Gasteiger partial charge in [-0.25, -0.2) is 0 Å². The zero-order chi connectivity index (χ0) is 12.3. The molecule has 1 heterocycles. The van der Waals surface area contributed by atoms with Crippen LogP contribution in [0.1, 0.15) is 5.69 Å². The molecule has 0 fully saturated rings. The second-order valence-electron chi connectivity index (χ2n) is 3.57. The van der Waals surface area contributed by atoms with E-state index in [1.807, 2.05) is 12.1 Å². The Kier molecular flexibility index (Phi) is 7.40. The topological polar surface area (TPSA) is 76.5 Å². The maximum Gasteiger partial charge on any atom is 0.0897 e. The molecular formula is C11H19N3O3. The maximum atomic E-state index is 9.56. The van der Waals surface area contributed by atoms with E-state index in [-0.39, 0.29) is 0 Å². The first-order valence-electron chi connectivity index (χ1n) is 5.55. The molecule has 1 aromatic heterocycles. The summed E-state index contributed by atoms with van der Waals surface area (Å²) in [7, 11) is 1.61. The summed E-state index contributed by atoms with van der Waals surface area (Å²) in [6.07, 6.45) is 1.10. The summed E-state index contributed by atoms with van der Waals surface area (Å²) in [6, 6.07) is 3.70. The predicted molar refractivity (Wildman–Crippen MR) is 62.4 cm³/mol. The minimum Gasteiger partial charge on any atom is -0.389 e. The van der Waals surface area contributed by atoms with Crippen LogP contribution < -0.4 is 5.32 Å². The number of rotatable bonds is 9. The Balaban J connectivity index is 2.02. The fraction of sp³-hybridized carbons (Fsp3) is 0.636. The lowest BCUT2D eigenvalue weighted by Crippen LogP contribution is -2.30. The zero-order valence-electron chi connectivity index (χ0n) is 10.0. The minimum atomic E-state index is -0.525. The monoisotopic (exact) mass is 241 g/mol. The molecule has 0 saturated carbocycles. The molecule has 0 aliphatic carbocycles. The number of nitrogens with one attached hydrogen (secondary N) is 1. The second kappa shape index (κ2) is 9.00. The Morgan fingerprint density at radius 1 is 1.47 bits per heavy atom. The summed E-state index contributed by atoms with van der Waals surface area (Å²) >= 11 is 0. The van der Waals surface area contributed by atoms with Crippen LogP contribution in [0, 0.1) is 0 Å². The van der Waals surface area contributed by atoms with Crippen LogP contribution in [0.25, 0.3) is 0 Å². The highest BCUT2D eigenvalue weighted by Gasteiger charge is 2.03. The van der Waals surface area contributed by atoms with Gasteiger partial charge in [0.25, 0.3) is 0 Å². The van der Waals surface area contributed by atoms with Crippen molar-refractivity contribution in [3.05, 3.63) is 24.0 Å². The molecule has 0 bridgehead atoms. The van der Waals surface area contributed by atoms with Gasteiger partial charge in [-0.1, -0.05) is 0 Å². The molecule has 0 aliphatic rings. The highest BCUT2D eigenvalue weighted by Crippen LogP contribution is 1.90. The summed E-state index contributed by atoms with van der Waals surface area (Å²) in [5.74, 6) is 0. The molecule has 2 N–H and O–H groups in total. The molecule has 0 spiro atoms. The van der Waals surface area contributed by atoms with E-state index in [2.05, 4.69) is 15.5 Å². The van der Waals surface area contributed by atoms with Crippen molar-refractivity contribution in [2.24, 2.45) is 0 Å². The molecule has 0 saturated heterocycles.